The number of para-hydroxylation sites is 1. The number of rotatable bonds is 17. The summed E-state index contributed by atoms with van der Waals surface area (Å²) in [4.78, 5) is 68.7. The first-order valence-corrected chi connectivity index (χ1v) is 13.4. The Morgan fingerprint density at radius 1 is 0.927 bits per heavy atom. The Kier molecular flexibility index (Phi) is 12.9. The van der Waals surface area contributed by atoms with Gasteiger partial charge in [0.25, 0.3) is 0 Å². The summed E-state index contributed by atoms with van der Waals surface area (Å²) in [6.45, 7) is 0.169. The van der Waals surface area contributed by atoms with Crippen LogP contribution in [0.3, 0.4) is 0 Å². The highest BCUT2D eigenvalue weighted by Gasteiger charge is 2.30. The molecule has 0 aliphatic carbocycles. The summed E-state index contributed by atoms with van der Waals surface area (Å²) < 4.78 is 0. The van der Waals surface area contributed by atoms with Crippen molar-refractivity contribution in [2.24, 2.45) is 27.9 Å². The maximum atomic E-state index is 13.4. The second kappa shape index (κ2) is 16.1. The number of hydrogen-bond acceptors (Lipinski definition) is 8. The number of amides is 4. The van der Waals surface area contributed by atoms with E-state index >= 15 is 0 Å². The minimum Gasteiger partial charge on any atom is -0.480 e. The number of aliphatic imine (C=N–C) groups is 1. The number of benzene rings is 1. The number of aromatic nitrogens is 1. The van der Waals surface area contributed by atoms with Crippen molar-refractivity contribution < 1.29 is 29.1 Å². The quantitative estimate of drug-likeness (QED) is 0.0414. The fourth-order valence-electron chi connectivity index (χ4n) is 3.94. The summed E-state index contributed by atoms with van der Waals surface area (Å²) in [7, 11) is 0. The Balaban J connectivity index is 2.21. The molecule has 2 rings (SSSR count). The lowest BCUT2D eigenvalue weighted by Gasteiger charge is -2.24. The van der Waals surface area contributed by atoms with Gasteiger partial charge in [-0.1, -0.05) is 18.2 Å². The number of carboxylic acids is 1. The van der Waals surface area contributed by atoms with E-state index in [1.807, 2.05) is 24.3 Å². The Morgan fingerprint density at radius 2 is 1.56 bits per heavy atom. The van der Waals surface area contributed by atoms with E-state index in [1.54, 1.807) is 6.20 Å². The Morgan fingerprint density at radius 3 is 2.20 bits per heavy atom. The third kappa shape index (κ3) is 10.6. The van der Waals surface area contributed by atoms with Crippen LogP contribution in [-0.2, 0) is 30.4 Å². The van der Waals surface area contributed by atoms with E-state index in [4.69, 9.17) is 22.9 Å². The van der Waals surface area contributed by atoms with Crippen molar-refractivity contribution in [1.29, 1.82) is 0 Å². The fourth-order valence-corrected chi connectivity index (χ4v) is 4.19. The van der Waals surface area contributed by atoms with Crippen molar-refractivity contribution in [3.8, 4) is 0 Å². The normalized spacial score (nSPS) is 13.8. The predicted octanol–water partition coefficient (Wildman–Crippen LogP) is -2.17. The minimum atomic E-state index is -1.28. The zero-order valence-corrected chi connectivity index (χ0v) is 23.2. The highest BCUT2D eigenvalue weighted by Crippen LogP contribution is 2.19. The molecule has 4 unspecified atom stereocenters. The van der Waals surface area contributed by atoms with Crippen LogP contribution in [-0.4, -0.2) is 82.1 Å². The standard InChI is InChI=1S/C25H37N9O6S/c26-15(7-8-20(27)35)21(36)34-19(12-41)23(38)33-18(10-13-11-31-16-5-2-1-4-14(13)16)22(37)32-17(24(39)40)6-3-9-30-25(28)29/h1-2,4-5,11,15,17-19,31,41H,3,6-10,12,26H2,(H2,27,35)(H,32,37)(H,33,38)(H,34,36)(H,39,40)(H4,28,29,30). The molecule has 2 aromatic rings. The molecule has 0 spiro atoms. The van der Waals surface area contributed by atoms with Crippen molar-refractivity contribution in [2.45, 2.75) is 56.3 Å². The van der Waals surface area contributed by atoms with Crippen molar-refractivity contribution in [1.82, 2.24) is 20.9 Å². The van der Waals surface area contributed by atoms with Gasteiger partial charge in [-0.15, -0.1) is 0 Å². The van der Waals surface area contributed by atoms with E-state index < -0.39 is 53.8 Å². The monoisotopic (exact) mass is 591 g/mol. The summed E-state index contributed by atoms with van der Waals surface area (Å²) in [6, 6.07) is 2.56. The molecular formula is C25H37N9O6S. The Labute approximate surface area is 241 Å². The summed E-state index contributed by atoms with van der Waals surface area (Å²) >= 11 is 4.14. The molecular weight excluding hydrogens is 554 g/mol. The SMILES string of the molecule is NC(=O)CCC(N)C(=O)NC(CS)C(=O)NC(Cc1c[nH]c2ccccc12)C(=O)NC(CCCN=C(N)N)C(=O)O. The second-order valence-corrected chi connectivity index (χ2v) is 9.69. The molecule has 0 bridgehead atoms. The van der Waals surface area contributed by atoms with E-state index in [0.29, 0.717) is 5.56 Å². The predicted molar refractivity (Wildman–Crippen MR) is 156 cm³/mol. The largest absolute Gasteiger partial charge is 0.480 e. The van der Waals surface area contributed by atoms with Gasteiger partial charge in [0.05, 0.1) is 6.04 Å². The van der Waals surface area contributed by atoms with Crippen LogP contribution in [0.25, 0.3) is 10.9 Å². The molecule has 4 amide bonds. The lowest BCUT2D eigenvalue weighted by Crippen LogP contribution is -2.58. The first-order valence-electron chi connectivity index (χ1n) is 12.8. The van der Waals surface area contributed by atoms with Gasteiger partial charge in [0.2, 0.25) is 23.6 Å². The number of nitrogens with zero attached hydrogens (tertiary/aromatic N) is 1. The first-order chi connectivity index (χ1) is 19.4. The van der Waals surface area contributed by atoms with Crippen molar-refractivity contribution in [3.05, 3.63) is 36.0 Å². The molecule has 13 N–H and O–H groups in total. The smallest absolute Gasteiger partial charge is 0.326 e. The van der Waals surface area contributed by atoms with Crippen molar-refractivity contribution >= 4 is 59.1 Å². The van der Waals surface area contributed by atoms with Gasteiger partial charge >= 0.3 is 5.97 Å². The molecule has 1 aromatic heterocycles. The number of aliphatic carboxylic acids is 1. The molecule has 224 valence electrons. The van der Waals surface area contributed by atoms with Crippen LogP contribution >= 0.6 is 12.6 Å². The fraction of sp³-hybridized carbons (Fsp3) is 0.440. The molecule has 0 saturated heterocycles. The van der Waals surface area contributed by atoms with Crippen LogP contribution in [0.4, 0.5) is 0 Å². The summed E-state index contributed by atoms with van der Waals surface area (Å²) in [5.74, 6) is -4.36. The van der Waals surface area contributed by atoms with Gasteiger partial charge in [-0.25, -0.2) is 4.79 Å². The number of carbonyl (C=O) groups excluding carboxylic acids is 4. The Hall–Kier alpha value is -4.31. The number of hydrogen-bond donors (Lipinski definition) is 10. The molecule has 15 nitrogen and oxygen atoms in total. The third-order valence-corrected chi connectivity index (χ3v) is 6.51. The van der Waals surface area contributed by atoms with Gasteiger partial charge in [0, 0.05) is 42.2 Å². The zero-order valence-electron chi connectivity index (χ0n) is 22.3. The van der Waals surface area contributed by atoms with Crippen molar-refractivity contribution in [2.75, 3.05) is 12.3 Å². The van der Waals surface area contributed by atoms with Crippen LogP contribution in [0.2, 0.25) is 0 Å². The van der Waals surface area contributed by atoms with Gasteiger partial charge in [-0.2, -0.15) is 12.6 Å². The highest BCUT2D eigenvalue weighted by atomic mass is 32.1. The minimum absolute atomic E-state index is 0.00723. The number of fused-ring (bicyclic) bond motifs is 1. The van der Waals surface area contributed by atoms with Crippen LogP contribution in [0.1, 0.15) is 31.2 Å². The molecule has 16 heteroatoms. The average molecular weight is 592 g/mol. The maximum Gasteiger partial charge on any atom is 0.326 e. The maximum absolute atomic E-state index is 13.4. The molecule has 0 aliphatic rings. The van der Waals surface area contributed by atoms with Crippen LogP contribution in [0.5, 0.6) is 0 Å². The van der Waals surface area contributed by atoms with Crippen LogP contribution in [0.15, 0.2) is 35.5 Å². The number of primary amides is 1. The molecule has 0 aliphatic heterocycles. The molecule has 0 fully saturated rings. The zero-order chi connectivity index (χ0) is 30.5. The Bertz CT molecular complexity index is 1260. The molecule has 1 aromatic carbocycles. The molecule has 1 heterocycles. The number of H-pyrrole nitrogens is 1. The molecule has 4 atom stereocenters. The number of carbonyl (C=O) groups is 5. The van der Waals surface area contributed by atoms with Crippen molar-refractivity contribution in [3.63, 3.8) is 0 Å². The average Bonchev–Trinajstić information content (AvgIpc) is 3.33. The van der Waals surface area contributed by atoms with Gasteiger partial charge in [-0.3, -0.25) is 24.2 Å². The van der Waals surface area contributed by atoms with Crippen LogP contribution in [0, 0.1) is 0 Å². The second-order valence-electron chi connectivity index (χ2n) is 9.33. The number of guanidine groups is 1. The van der Waals surface area contributed by atoms with Crippen LogP contribution < -0.4 is 38.9 Å². The van der Waals surface area contributed by atoms with Gasteiger partial charge in [0.15, 0.2) is 5.96 Å². The van der Waals surface area contributed by atoms with Gasteiger partial charge in [0.1, 0.15) is 18.1 Å². The van der Waals surface area contributed by atoms with Gasteiger partial charge in [-0.05, 0) is 30.9 Å². The van der Waals surface area contributed by atoms with E-state index in [1.165, 1.54) is 0 Å². The molecule has 0 saturated carbocycles. The van der Waals surface area contributed by atoms with Gasteiger partial charge < -0.3 is 49.0 Å². The summed E-state index contributed by atoms with van der Waals surface area (Å²) in [5.41, 5.74) is 23.0. The number of thiol groups is 1. The highest BCUT2D eigenvalue weighted by molar-refractivity contribution is 7.80. The summed E-state index contributed by atoms with van der Waals surface area (Å²) in [5, 5.41) is 18.0. The topological polar surface area (TPSA) is 274 Å². The van der Waals surface area contributed by atoms with E-state index in [2.05, 4.69) is 38.6 Å². The lowest BCUT2D eigenvalue weighted by atomic mass is 10.0. The van der Waals surface area contributed by atoms with E-state index in [0.717, 1.165) is 10.9 Å². The third-order valence-electron chi connectivity index (χ3n) is 6.15. The van der Waals surface area contributed by atoms with E-state index in [9.17, 15) is 29.1 Å². The number of carboxylic acid groups (broad SMARTS) is 1. The number of aromatic amines is 1. The molecule has 41 heavy (non-hydrogen) atoms. The summed E-state index contributed by atoms with van der Waals surface area (Å²) in [6.07, 6.45) is 1.87. The molecule has 0 radical (unpaired) electrons. The number of nitrogens with one attached hydrogen (secondary N) is 4. The lowest BCUT2D eigenvalue weighted by molar-refractivity contribution is -0.142. The first kappa shape index (κ1) is 32.9. The number of nitrogens with two attached hydrogens (primary N) is 4. The van der Waals surface area contributed by atoms with E-state index in [-0.39, 0.29) is 50.4 Å².